The van der Waals surface area contributed by atoms with Gasteiger partial charge in [0.25, 0.3) is 0 Å². The Morgan fingerprint density at radius 1 is 1.45 bits per heavy atom. The topological polar surface area (TPSA) is 9.23 Å². The minimum Gasteiger partial charge on any atom is -0.384 e. The molecule has 2 heteroatoms. The van der Waals surface area contributed by atoms with Crippen molar-refractivity contribution < 1.29 is 9.13 Å². The number of rotatable bonds is 3. The standard InChI is InChI=1S/C9H10FO/c1-11-7-6-8-4-2-3-5-9(8)10/h2-6H,7H2,1H3. The summed E-state index contributed by atoms with van der Waals surface area (Å²) >= 11 is 0. The van der Waals surface area contributed by atoms with Gasteiger partial charge in [-0.05, 0) is 11.6 Å². The normalized spacial score (nSPS) is 10.0. The molecule has 1 aromatic rings. The summed E-state index contributed by atoms with van der Waals surface area (Å²) in [7, 11) is 1.58. The summed E-state index contributed by atoms with van der Waals surface area (Å²) in [6.45, 7) is 0.445. The molecule has 0 aromatic heterocycles. The van der Waals surface area contributed by atoms with Gasteiger partial charge >= 0.3 is 0 Å². The molecule has 0 unspecified atom stereocenters. The molecule has 59 valence electrons. The van der Waals surface area contributed by atoms with E-state index in [-0.39, 0.29) is 5.82 Å². The van der Waals surface area contributed by atoms with Crippen LogP contribution in [0.3, 0.4) is 0 Å². The summed E-state index contributed by atoms with van der Waals surface area (Å²) in [5.41, 5.74) is 0.592. The maximum absolute atomic E-state index is 12.8. The summed E-state index contributed by atoms with van der Waals surface area (Å²) in [6.07, 6.45) is 1.70. The van der Waals surface area contributed by atoms with Crippen LogP contribution in [-0.4, -0.2) is 13.7 Å². The summed E-state index contributed by atoms with van der Waals surface area (Å²) in [5, 5.41) is 0. The molecule has 11 heavy (non-hydrogen) atoms. The first-order valence-electron chi connectivity index (χ1n) is 3.41. The maximum atomic E-state index is 12.8. The van der Waals surface area contributed by atoms with Crippen molar-refractivity contribution in [3.05, 3.63) is 42.1 Å². The smallest absolute Gasteiger partial charge is 0.126 e. The van der Waals surface area contributed by atoms with E-state index in [0.29, 0.717) is 12.2 Å². The monoisotopic (exact) mass is 153 g/mol. The van der Waals surface area contributed by atoms with Gasteiger partial charge in [-0.25, -0.2) is 4.39 Å². The Morgan fingerprint density at radius 2 is 2.18 bits per heavy atom. The molecule has 1 aromatic carbocycles. The highest BCUT2D eigenvalue weighted by molar-refractivity contribution is 5.24. The minimum atomic E-state index is -0.204. The largest absolute Gasteiger partial charge is 0.384 e. The van der Waals surface area contributed by atoms with Gasteiger partial charge in [-0.3, -0.25) is 0 Å². The number of methoxy groups -OCH3 is 1. The average Bonchev–Trinajstić information content (AvgIpc) is 2.03. The van der Waals surface area contributed by atoms with Crippen molar-refractivity contribution >= 4 is 0 Å². The lowest BCUT2D eigenvalue weighted by molar-refractivity contribution is 0.225. The molecular formula is C9H10FO. The molecule has 1 rings (SSSR count). The number of ether oxygens (including phenoxy) is 1. The fraction of sp³-hybridized carbons (Fsp3) is 0.222. The van der Waals surface area contributed by atoms with Crippen molar-refractivity contribution in [1.29, 1.82) is 0 Å². The van der Waals surface area contributed by atoms with Gasteiger partial charge in [0.05, 0.1) is 6.61 Å². The van der Waals surface area contributed by atoms with E-state index in [4.69, 9.17) is 4.74 Å². The first-order chi connectivity index (χ1) is 5.34. The first-order valence-corrected chi connectivity index (χ1v) is 3.41. The predicted molar refractivity (Wildman–Crippen MR) is 41.7 cm³/mol. The van der Waals surface area contributed by atoms with Gasteiger partial charge in [-0.15, -0.1) is 0 Å². The third-order valence-electron chi connectivity index (χ3n) is 1.38. The van der Waals surface area contributed by atoms with Crippen molar-refractivity contribution in [3.63, 3.8) is 0 Å². The van der Waals surface area contributed by atoms with E-state index in [9.17, 15) is 4.39 Å². The van der Waals surface area contributed by atoms with E-state index in [0.717, 1.165) is 0 Å². The van der Waals surface area contributed by atoms with Crippen LogP contribution in [0.2, 0.25) is 0 Å². The highest BCUT2D eigenvalue weighted by Crippen LogP contribution is 2.07. The Morgan fingerprint density at radius 3 is 2.82 bits per heavy atom. The maximum Gasteiger partial charge on any atom is 0.126 e. The molecule has 0 heterocycles. The minimum absolute atomic E-state index is 0.204. The molecule has 0 fully saturated rings. The average molecular weight is 153 g/mol. The van der Waals surface area contributed by atoms with Crippen molar-refractivity contribution in [3.8, 4) is 0 Å². The van der Waals surface area contributed by atoms with Crippen molar-refractivity contribution in [1.82, 2.24) is 0 Å². The quantitative estimate of drug-likeness (QED) is 0.645. The Labute approximate surface area is 65.8 Å². The van der Waals surface area contributed by atoms with E-state index in [1.807, 2.05) is 0 Å². The third-order valence-corrected chi connectivity index (χ3v) is 1.38. The van der Waals surface area contributed by atoms with Gasteiger partial charge in [0.15, 0.2) is 0 Å². The number of hydrogen-bond donors (Lipinski definition) is 0. The number of hydrogen-bond acceptors (Lipinski definition) is 1. The highest BCUT2D eigenvalue weighted by atomic mass is 19.1. The number of benzene rings is 1. The van der Waals surface area contributed by atoms with Crippen LogP contribution in [0.25, 0.3) is 0 Å². The fourth-order valence-corrected chi connectivity index (χ4v) is 0.814. The van der Waals surface area contributed by atoms with Crippen LogP contribution in [0.15, 0.2) is 24.3 Å². The molecule has 0 amide bonds. The van der Waals surface area contributed by atoms with Crippen molar-refractivity contribution in [2.24, 2.45) is 0 Å². The molecule has 0 atom stereocenters. The summed E-state index contributed by atoms with van der Waals surface area (Å²) in [6, 6.07) is 6.61. The molecule has 0 saturated carbocycles. The Hall–Kier alpha value is -0.890. The second-order valence-corrected chi connectivity index (χ2v) is 2.18. The zero-order valence-corrected chi connectivity index (χ0v) is 6.38. The zero-order valence-electron chi connectivity index (χ0n) is 6.38. The van der Waals surface area contributed by atoms with Crippen molar-refractivity contribution in [2.75, 3.05) is 13.7 Å². The lowest BCUT2D eigenvalue weighted by Crippen LogP contribution is -1.93. The second kappa shape index (κ2) is 4.09. The molecule has 0 aliphatic heterocycles. The molecule has 0 bridgehead atoms. The van der Waals surface area contributed by atoms with Gasteiger partial charge < -0.3 is 4.74 Å². The third kappa shape index (κ3) is 2.31. The lowest BCUT2D eigenvalue weighted by atomic mass is 10.1. The molecule has 1 radical (unpaired) electrons. The summed E-state index contributed by atoms with van der Waals surface area (Å²) in [4.78, 5) is 0. The van der Waals surface area contributed by atoms with Crippen molar-refractivity contribution in [2.45, 2.75) is 0 Å². The molecular weight excluding hydrogens is 143 g/mol. The van der Waals surface area contributed by atoms with Gasteiger partial charge in [0, 0.05) is 13.5 Å². The molecule has 1 nitrogen and oxygen atoms in total. The Balaban J connectivity index is 2.62. The van der Waals surface area contributed by atoms with Crippen LogP contribution in [0.4, 0.5) is 4.39 Å². The van der Waals surface area contributed by atoms with E-state index in [2.05, 4.69) is 0 Å². The Kier molecular flexibility index (Phi) is 3.05. The van der Waals surface area contributed by atoms with E-state index < -0.39 is 0 Å². The molecule has 0 saturated heterocycles. The van der Waals surface area contributed by atoms with Crippen LogP contribution in [0.1, 0.15) is 5.56 Å². The fourth-order valence-electron chi connectivity index (χ4n) is 0.814. The molecule has 0 N–H and O–H groups in total. The van der Waals surface area contributed by atoms with Crippen LogP contribution in [0.5, 0.6) is 0 Å². The molecule has 0 aliphatic rings. The lowest BCUT2D eigenvalue weighted by Gasteiger charge is -1.99. The SMILES string of the molecule is COC[CH]c1ccccc1F. The van der Waals surface area contributed by atoms with Gasteiger partial charge in [-0.2, -0.15) is 0 Å². The number of halogens is 1. The Bertz CT molecular complexity index is 223. The van der Waals surface area contributed by atoms with E-state index in [1.54, 1.807) is 31.7 Å². The first kappa shape index (κ1) is 8.21. The van der Waals surface area contributed by atoms with Crippen LogP contribution in [-0.2, 0) is 4.74 Å². The molecule has 0 spiro atoms. The molecule has 0 aliphatic carbocycles. The van der Waals surface area contributed by atoms with Crippen LogP contribution < -0.4 is 0 Å². The van der Waals surface area contributed by atoms with Gasteiger partial charge in [0.2, 0.25) is 0 Å². The predicted octanol–water partition coefficient (Wildman–Crippen LogP) is 2.02. The van der Waals surface area contributed by atoms with E-state index in [1.165, 1.54) is 6.07 Å². The van der Waals surface area contributed by atoms with E-state index >= 15 is 0 Å². The van der Waals surface area contributed by atoms with Crippen LogP contribution >= 0.6 is 0 Å². The van der Waals surface area contributed by atoms with Gasteiger partial charge in [-0.1, -0.05) is 18.2 Å². The second-order valence-electron chi connectivity index (χ2n) is 2.18. The highest BCUT2D eigenvalue weighted by Gasteiger charge is 1.98. The van der Waals surface area contributed by atoms with Crippen LogP contribution in [0, 0.1) is 12.2 Å². The van der Waals surface area contributed by atoms with Gasteiger partial charge in [0.1, 0.15) is 5.82 Å². The summed E-state index contributed by atoms with van der Waals surface area (Å²) < 4.78 is 17.6. The summed E-state index contributed by atoms with van der Waals surface area (Å²) in [5.74, 6) is -0.204. The zero-order chi connectivity index (χ0) is 8.10.